The van der Waals surface area contributed by atoms with Crippen molar-refractivity contribution < 1.29 is 8.42 Å². The van der Waals surface area contributed by atoms with E-state index in [-0.39, 0.29) is 10.8 Å². The topological polar surface area (TPSA) is 46.2 Å². The molecule has 0 aromatic heterocycles. The Bertz CT molecular complexity index is 291. The molecular weight excluding hydrogens is 186 g/mol. The Morgan fingerprint density at radius 2 is 2.23 bits per heavy atom. The van der Waals surface area contributed by atoms with Gasteiger partial charge in [-0.25, -0.2) is 8.42 Å². The van der Waals surface area contributed by atoms with E-state index in [1.165, 1.54) is 12.8 Å². The summed E-state index contributed by atoms with van der Waals surface area (Å²) in [6.45, 7) is 2.74. The molecule has 1 saturated heterocycles. The summed E-state index contributed by atoms with van der Waals surface area (Å²) in [7, 11) is -2.80. The Morgan fingerprint density at radius 3 is 2.77 bits per heavy atom. The molecule has 0 amide bonds. The molecule has 2 aliphatic rings. The number of hydrogen-bond donors (Lipinski definition) is 1. The van der Waals surface area contributed by atoms with Gasteiger partial charge in [0.25, 0.3) is 0 Å². The monoisotopic (exact) mass is 203 g/mol. The van der Waals surface area contributed by atoms with Gasteiger partial charge in [-0.05, 0) is 25.8 Å². The number of sulfone groups is 1. The van der Waals surface area contributed by atoms with Crippen LogP contribution in [0.4, 0.5) is 0 Å². The van der Waals surface area contributed by atoms with Gasteiger partial charge < -0.3 is 5.32 Å². The Hall–Kier alpha value is -0.0900. The highest BCUT2D eigenvalue weighted by Crippen LogP contribution is 2.47. The smallest absolute Gasteiger partial charge is 0.154 e. The summed E-state index contributed by atoms with van der Waals surface area (Å²) in [5.74, 6) is 0.293. The van der Waals surface area contributed by atoms with Gasteiger partial charge in [0.15, 0.2) is 9.84 Å². The molecule has 1 aliphatic heterocycles. The van der Waals surface area contributed by atoms with Crippen molar-refractivity contribution in [3.05, 3.63) is 0 Å². The van der Waals surface area contributed by atoms with Gasteiger partial charge >= 0.3 is 0 Å². The van der Waals surface area contributed by atoms with Gasteiger partial charge in [-0.1, -0.05) is 13.3 Å². The van der Waals surface area contributed by atoms with E-state index in [2.05, 4.69) is 5.32 Å². The molecule has 1 N–H and O–H groups in total. The molecule has 0 aromatic rings. The molecule has 2 atom stereocenters. The van der Waals surface area contributed by atoms with Crippen molar-refractivity contribution in [3.63, 3.8) is 0 Å². The molecule has 2 rings (SSSR count). The van der Waals surface area contributed by atoms with Gasteiger partial charge in [0.1, 0.15) is 0 Å². The summed E-state index contributed by atoms with van der Waals surface area (Å²) in [4.78, 5) is 0. The van der Waals surface area contributed by atoms with Crippen molar-refractivity contribution in [2.75, 3.05) is 12.3 Å². The van der Waals surface area contributed by atoms with Crippen molar-refractivity contribution >= 4 is 9.84 Å². The third kappa shape index (κ3) is 1.50. The maximum Gasteiger partial charge on any atom is 0.154 e. The van der Waals surface area contributed by atoms with Crippen LogP contribution >= 0.6 is 0 Å². The summed E-state index contributed by atoms with van der Waals surface area (Å²) in [6, 6.07) is 0. The lowest BCUT2D eigenvalue weighted by atomic mass is 10.0. The first-order chi connectivity index (χ1) is 6.11. The van der Waals surface area contributed by atoms with Crippen LogP contribution in [0.1, 0.15) is 32.6 Å². The molecular formula is C9H17NO2S. The highest BCUT2D eigenvalue weighted by Gasteiger charge is 2.60. The second kappa shape index (κ2) is 2.95. The summed E-state index contributed by atoms with van der Waals surface area (Å²) in [6.07, 6.45) is 4.28. The molecule has 1 heterocycles. The molecule has 4 heteroatoms. The largest absolute Gasteiger partial charge is 0.310 e. The van der Waals surface area contributed by atoms with Crippen LogP contribution in [0.3, 0.4) is 0 Å². The summed E-state index contributed by atoms with van der Waals surface area (Å²) >= 11 is 0. The minimum atomic E-state index is -2.80. The predicted octanol–water partition coefficient (Wildman–Crippen LogP) is 0.706. The fourth-order valence-electron chi connectivity index (χ4n) is 2.38. The molecule has 2 fully saturated rings. The summed E-state index contributed by atoms with van der Waals surface area (Å²) < 4.78 is 23.2. The number of nitrogens with one attached hydrogen (secondary N) is 1. The fourth-order valence-corrected chi connectivity index (χ4v) is 4.23. The normalized spacial score (nSPS) is 39.3. The molecule has 2 unspecified atom stereocenters. The average Bonchev–Trinajstić information content (AvgIpc) is 2.82. The van der Waals surface area contributed by atoms with Crippen LogP contribution in [-0.4, -0.2) is 31.5 Å². The van der Waals surface area contributed by atoms with Crippen LogP contribution < -0.4 is 5.32 Å². The molecule has 13 heavy (non-hydrogen) atoms. The van der Waals surface area contributed by atoms with Crippen LogP contribution in [0.15, 0.2) is 0 Å². The molecule has 0 bridgehead atoms. The standard InChI is InChI=1S/C9H17NO2S/c1-2-13(11,12)8-7-9(8)5-3-4-6-10-9/h8,10H,2-7H2,1H3. The first kappa shape index (κ1) is 9.46. The Labute approximate surface area is 79.8 Å². The van der Waals surface area contributed by atoms with E-state index in [1.54, 1.807) is 6.92 Å². The van der Waals surface area contributed by atoms with Crippen molar-refractivity contribution in [1.82, 2.24) is 5.32 Å². The van der Waals surface area contributed by atoms with Crippen LogP contribution in [-0.2, 0) is 9.84 Å². The van der Waals surface area contributed by atoms with E-state index in [0.717, 1.165) is 19.4 Å². The van der Waals surface area contributed by atoms with Crippen molar-refractivity contribution in [2.45, 2.75) is 43.4 Å². The molecule has 0 aromatic carbocycles. The van der Waals surface area contributed by atoms with Crippen molar-refractivity contribution in [2.24, 2.45) is 0 Å². The van der Waals surface area contributed by atoms with E-state index in [0.29, 0.717) is 5.75 Å². The van der Waals surface area contributed by atoms with Gasteiger partial charge in [0.05, 0.1) is 5.25 Å². The molecule has 1 aliphatic carbocycles. The molecule has 1 saturated carbocycles. The zero-order chi connectivity index (χ0) is 9.53. The number of rotatable bonds is 2. The molecule has 3 nitrogen and oxygen atoms in total. The van der Waals surface area contributed by atoms with E-state index >= 15 is 0 Å². The van der Waals surface area contributed by atoms with E-state index in [9.17, 15) is 8.42 Å². The predicted molar refractivity (Wildman–Crippen MR) is 52.5 cm³/mol. The van der Waals surface area contributed by atoms with Gasteiger partial charge in [-0.2, -0.15) is 0 Å². The molecule has 1 spiro atoms. The maximum atomic E-state index is 11.6. The van der Waals surface area contributed by atoms with Crippen molar-refractivity contribution in [3.8, 4) is 0 Å². The van der Waals surface area contributed by atoms with Crippen molar-refractivity contribution in [1.29, 1.82) is 0 Å². The van der Waals surface area contributed by atoms with Gasteiger partial charge in [0.2, 0.25) is 0 Å². The average molecular weight is 203 g/mol. The third-order valence-electron chi connectivity index (χ3n) is 3.37. The maximum absolute atomic E-state index is 11.6. The van der Waals surface area contributed by atoms with Crippen LogP contribution in [0, 0.1) is 0 Å². The molecule has 76 valence electrons. The Kier molecular flexibility index (Phi) is 2.15. The SMILES string of the molecule is CCS(=O)(=O)C1CC12CCCCN2. The summed E-state index contributed by atoms with van der Waals surface area (Å²) in [5.41, 5.74) is -0.00685. The minimum absolute atomic E-state index is 0.00685. The van der Waals surface area contributed by atoms with Crippen LogP contribution in [0.2, 0.25) is 0 Å². The Morgan fingerprint density at radius 1 is 1.46 bits per heavy atom. The Balaban J connectivity index is 2.08. The second-order valence-corrected chi connectivity index (χ2v) is 6.66. The lowest BCUT2D eigenvalue weighted by Gasteiger charge is -2.24. The molecule has 0 radical (unpaired) electrons. The zero-order valence-corrected chi connectivity index (χ0v) is 8.86. The van der Waals surface area contributed by atoms with E-state index < -0.39 is 9.84 Å². The minimum Gasteiger partial charge on any atom is -0.310 e. The quantitative estimate of drug-likeness (QED) is 0.719. The highest BCUT2D eigenvalue weighted by atomic mass is 32.2. The van der Waals surface area contributed by atoms with E-state index in [4.69, 9.17) is 0 Å². The number of piperidine rings is 1. The second-order valence-electron chi connectivity index (χ2n) is 4.18. The zero-order valence-electron chi connectivity index (χ0n) is 8.04. The first-order valence-corrected chi connectivity index (χ1v) is 6.79. The lowest BCUT2D eigenvalue weighted by molar-refractivity contribution is 0.384. The van der Waals surface area contributed by atoms with Gasteiger partial charge in [0, 0.05) is 11.3 Å². The van der Waals surface area contributed by atoms with Crippen LogP contribution in [0.5, 0.6) is 0 Å². The summed E-state index contributed by atoms with van der Waals surface area (Å²) in [5, 5.41) is 3.30. The number of hydrogen-bond acceptors (Lipinski definition) is 3. The fraction of sp³-hybridized carbons (Fsp3) is 1.00. The highest BCUT2D eigenvalue weighted by molar-refractivity contribution is 7.92. The van der Waals surface area contributed by atoms with Gasteiger partial charge in [-0.15, -0.1) is 0 Å². The first-order valence-electron chi connectivity index (χ1n) is 5.07. The van der Waals surface area contributed by atoms with Crippen LogP contribution in [0.25, 0.3) is 0 Å². The van der Waals surface area contributed by atoms with E-state index in [1.807, 2.05) is 0 Å². The lowest BCUT2D eigenvalue weighted by Crippen LogP contribution is -2.41. The van der Waals surface area contributed by atoms with Gasteiger partial charge in [-0.3, -0.25) is 0 Å². The third-order valence-corrected chi connectivity index (χ3v) is 5.66.